The van der Waals surface area contributed by atoms with Crippen LogP contribution in [0.25, 0.3) is 125 Å². The third-order valence-corrected chi connectivity index (χ3v) is 13.7. The Hall–Kier alpha value is -7.99. The van der Waals surface area contributed by atoms with E-state index in [4.69, 9.17) is 15.0 Å². The second kappa shape index (κ2) is 13.8. The van der Waals surface area contributed by atoms with Crippen molar-refractivity contribution in [2.75, 3.05) is 0 Å². The summed E-state index contributed by atoms with van der Waals surface area (Å²) < 4.78 is 4.84. The highest BCUT2D eigenvalue weighted by Gasteiger charge is 2.23. The molecular formula is C57H34N4S. The molecule has 0 bridgehead atoms. The first-order valence-electron chi connectivity index (χ1n) is 20.9. The Labute approximate surface area is 360 Å². The van der Waals surface area contributed by atoms with Crippen molar-refractivity contribution in [2.24, 2.45) is 0 Å². The average molecular weight is 807 g/mol. The van der Waals surface area contributed by atoms with Crippen molar-refractivity contribution in [2.45, 2.75) is 0 Å². The lowest BCUT2D eigenvalue weighted by molar-refractivity contribution is 1.07. The summed E-state index contributed by atoms with van der Waals surface area (Å²) in [6.45, 7) is 0. The molecule has 0 aliphatic rings. The molecule has 0 N–H and O–H groups in total. The second-order valence-corrected chi connectivity index (χ2v) is 17.0. The molecule has 0 fully saturated rings. The average Bonchev–Trinajstić information content (AvgIpc) is 3.90. The molecule has 0 aliphatic carbocycles. The van der Waals surface area contributed by atoms with Crippen LogP contribution in [-0.4, -0.2) is 19.5 Å². The number of rotatable bonds is 5. The van der Waals surface area contributed by atoms with E-state index in [-0.39, 0.29) is 0 Å². The van der Waals surface area contributed by atoms with E-state index in [0.29, 0.717) is 17.5 Å². The minimum absolute atomic E-state index is 0.617. The van der Waals surface area contributed by atoms with Crippen LogP contribution in [0.15, 0.2) is 206 Å². The van der Waals surface area contributed by atoms with Gasteiger partial charge in [0, 0.05) is 47.6 Å². The maximum atomic E-state index is 5.54. The zero-order chi connectivity index (χ0) is 40.7. The summed E-state index contributed by atoms with van der Waals surface area (Å²) in [5.41, 5.74) is 8.42. The summed E-state index contributed by atoms with van der Waals surface area (Å²) in [5.74, 6) is 1.90. The Morgan fingerprint density at radius 2 is 0.839 bits per heavy atom. The van der Waals surface area contributed by atoms with Gasteiger partial charge in [0.15, 0.2) is 17.5 Å². The summed E-state index contributed by atoms with van der Waals surface area (Å²) in [5, 5.41) is 12.0. The predicted molar refractivity (Wildman–Crippen MR) is 261 cm³/mol. The van der Waals surface area contributed by atoms with Crippen molar-refractivity contribution in [1.29, 1.82) is 0 Å². The van der Waals surface area contributed by atoms with Crippen LogP contribution in [0.4, 0.5) is 0 Å². The number of fused-ring (bicyclic) bond motifs is 12. The highest BCUT2D eigenvalue weighted by molar-refractivity contribution is 7.26. The van der Waals surface area contributed by atoms with Gasteiger partial charge in [-0.3, -0.25) is 0 Å². The highest BCUT2D eigenvalue weighted by Crippen LogP contribution is 2.44. The molecule has 0 atom stereocenters. The molecule has 0 amide bonds. The van der Waals surface area contributed by atoms with E-state index in [2.05, 4.69) is 193 Å². The van der Waals surface area contributed by atoms with E-state index in [9.17, 15) is 0 Å². The topological polar surface area (TPSA) is 43.6 Å². The standard InChI is InChI=1S/C57H34N4S/c1-3-16-35(17-4-1)37-30-31-43-42-24-11-13-28-50(42)61(51(43)32-37)52-34-48-41-23-10-8-21-39(41)38-20-7-9-22-40(38)47(48)33-49(52)57-59-55(36-18-5-2-6-19-36)58-56(60-57)46-27-15-26-45-44-25-12-14-29-53(44)62-54(45)46/h1-34H. The Morgan fingerprint density at radius 3 is 1.56 bits per heavy atom. The van der Waals surface area contributed by atoms with Crippen molar-refractivity contribution in [1.82, 2.24) is 19.5 Å². The van der Waals surface area contributed by atoms with Gasteiger partial charge in [-0.05, 0) is 79.8 Å². The number of aromatic nitrogens is 4. The summed E-state index contributed by atoms with van der Waals surface area (Å²) in [6.07, 6.45) is 0. The van der Waals surface area contributed by atoms with Crippen molar-refractivity contribution in [3.05, 3.63) is 206 Å². The molecule has 0 spiro atoms. The monoisotopic (exact) mass is 806 g/mol. The lowest BCUT2D eigenvalue weighted by Crippen LogP contribution is -2.04. The van der Waals surface area contributed by atoms with E-state index in [0.717, 1.165) is 49.1 Å². The zero-order valence-electron chi connectivity index (χ0n) is 33.3. The van der Waals surface area contributed by atoms with Crippen LogP contribution in [0.1, 0.15) is 0 Å². The minimum atomic E-state index is 0.617. The first-order valence-corrected chi connectivity index (χ1v) is 21.8. The summed E-state index contributed by atoms with van der Waals surface area (Å²) in [7, 11) is 0. The lowest BCUT2D eigenvalue weighted by Gasteiger charge is -2.18. The fourth-order valence-corrected chi connectivity index (χ4v) is 10.8. The van der Waals surface area contributed by atoms with Gasteiger partial charge in [0.05, 0.1) is 16.7 Å². The van der Waals surface area contributed by atoms with Gasteiger partial charge in [-0.2, -0.15) is 0 Å². The van der Waals surface area contributed by atoms with Crippen LogP contribution in [0, 0.1) is 0 Å². The van der Waals surface area contributed by atoms with Crippen LogP contribution < -0.4 is 0 Å². The Bertz CT molecular complexity index is 3920. The van der Waals surface area contributed by atoms with E-state index < -0.39 is 0 Å². The second-order valence-electron chi connectivity index (χ2n) is 15.9. The Balaban J connectivity index is 1.19. The SMILES string of the molecule is c1ccc(-c2ccc3c4ccccc4n(-c4cc5c6ccccc6c6ccccc6c5cc4-c4nc(-c5ccccc5)nc(-c5cccc6c5sc5ccccc56)n4)c3c2)cc1. The molecule has 3 aromatic heterocycles. The van der Waals surface area contributed by atoms with Gasteiger partial charge in [-0.15, -0.1) is 11.3 Å². The van der Waals surface area contributed by atoms with E-state index >= 15 is 0 Å². The molecule has 3 heterocycles. The lowest BCUT2D eigenvalue weighted by atomic mass is 9.92. The van der Waals surface area contributed by atoms with Gasteiger partial charge in [0.25, 0.3) is 0 Å². The molecule has 62 heavy (non-hydrogen) atoms. The quantitative estimate of drug-likeness (QED) is 0.163. The van der Waals surface area contributed by atoms with Crippen LogP contribution in [0.5, 0.6) is 0 Å². The zero-order valence-corrected chi connectivity index (χ0v) is 34.1. The smallest absolute Gasteiger partial charge is 0.166 e. The van der Waals surface area contributed by atoms with Crippen LogP contribution in [-0.2, 0) is 0 Å². The molecule has 13 aromatic rings. The molecule has 0 radical (unpaired) electrons. The fraction of sp³-hybridized carbons (Fsp3) is 0. The number of hydrogen-bond donors (Lipinski definition) is 0. The molecule has 4 nitrogen and oxygen atoms in total. The van der Waals surface area contributed by atoms with Crippen LogP contribution in [0.2, 0.25) is 0 Å². The number of hydrogen-bond acceptors (Lipinski definition) is 4. The largest absolute Gasteiger partial charge is 0.308 e. The maximum absolute atomic E-state index is 5.54. The maximum Gasteiger partial charge on any atom is 0.166 e. The van der Waals surface area contributed by atoms with E-state index in [1.165, 1.54) is 58.7 Å². The van der Waals surface area contributed by atoms with Crippen molar-refractivity contribution in [3.63, 3.8) is 0 Å². The summed E-state index contributed by atoms with van der Waals surface area (Å²) in [4.78, 5) is 16.3. The highest BCUT2D eigenvalue weighted by atomic mass is 32.1. The Morgan fingerprint density at radius 1 is 0.306 bits per heavy atom. The van der Waals surface area contributed by atoms with Gasteiger partial charge >= 0.3 is 0 Å². The third-order valence-electron chi connectivity index (χ3n) is 12.4. The molecule has 0 saturated heterocycles. The molecule has 10 aromatic carbocycles. The first kappa shape index (κ1) is 34.8. The van der Waals surface area contributed by atoms with Gasteiger partial charge in [-0.1, -0.05) is 170 Å². The molecule has 0 aliphatic heterocycles. The Kier molecular flexibility index (Phi) is 7.74. The van der Waals surface area contributed by atoms with E-state index in [1.54, 1.807) is 11.3 Å². The minimum Gasteiger partial charge on any atom is -0.308 e. The fourth-order valence-electron chi connectivity index (χ4n) is 9.60. The van der Waals surface area contributed by atoms with E-state index in [1.807, 2.05) is 18.2 Å². The van der Waals surface area contributed by atoms with Crippen molar-refractivity contribution < 1.29 is 0 Å². The first-order chi connectivity index (χ1) is 30.7. The molecule has 5 heteroatoms. The molecular weight excluding hydrogens is 773 g/mol. The normalized spacial score (nSPS) is 11.9. The van der Waals surface area contributed by atoms with Crippen molar-refractivity contribution in [3.8, 4) is 51.0 Å². The van der Waals surface area contributed by atoms with Crippen LogP contribution in [0.3, 0.4) is 0 Å². The van der Waals surface area contributed by atoms with Gasteiger partial charge in [0.1, 0.15) is 0 Å². The molecule has 0 saturated carbocycles. The number of thiophene rings is 1. The third kappa shape index (κ3) is 5.35. The van der Waals surface area contributed by atoms with Crippen LogP contribution >= 0.6 is 11.3 Å². The molecule has 288 valence electrons. The predicted octanol–water partition coefficient (Wildman–Crippen LogP) is 15.5. The summed E-state index contributed by atoms with van der Waals surface area (Å²) >= 11 is 1.79. The number of nitrogens with zero attached hydrogens (tertiary/aromatic N) is 4. The van der Waals surface area contributed by atoms with Crippen molar-refractivity contribution >= 4 is 85.6 Å². The van der Waals surface area contributed by atoms with Gasteiger partial charge < -0.3 is 4.57 Å². The summed E-state index contributed by atoms with van der Waals surface area (Å²) in [6, 6.07) is 74.0. The van der Waals surface area contributed by atoms with Gasteiger partial charge in [-0.25, -0.2) is 15.0 Å². The van der Waals surface area contributed by atoms with Gasteiger partial charge in [0.2, 0.25) is 0 Å². The number of para-hydroxylation sites is 1. The molecule has 0 unspecified atom stereocenters. The molecule has 13 rings (SSSR count). The number of benzene rings is 10.